The van der Waals surface area contributed by atoms with Crippen molar-refractivity contribution in [2.75, 3.05) is 54.4 Å². The quantitative estimate of drug-likeness (QED) is 0.550. The topological polar surface area (TPSA) is 96.5 Å². The number of anilines is 2. The third-order valence-electron chi connectivity index (χ3n) is 3.87. The first-order valence-corrected chi connectivity index (χ1v) is 8.70. The first-order valence-electron chi connectivity index (χ1n) is 8.70. The van der Waals surface area contributed by atoms with Crippen molar-refractivity contribution in [1.29, 1.82) is 0 Å². The lowest BCUT2D eigenvalue weighted by Gasteiger charge is -2.20. The molecule has 0 bridgehead atoms. The summed E-state index contributed by atoms with van der Waals surface area (Å²) in [6.45, 7) is -0.0360. The molecular weight excluding hydrogens is 380 g/mol. The molecule has 0 aromatic heterocycles. The molecule has 0 unspecified atom stereocenters. The standard InChI is InChI=1S/C20H26N2O7/c1-21-20(23)16-6-7-17(28-11-24-2)19(29-12-25-3)18(16)22-13-8-14(26-4)10-15(9-13)27-5/h6-10,22H,11-12H2,1-5H3,(H,21,23). The minimum atomic E-state index is -0.303. The molecule has 158 valence electrons. The van der Waals surface area contributed by atoms with E-state index < -0.39 is 0 Å². The van der Waals surface area contributed by atoms with Gasteiger partial charge in [-0.1, -0.05) is 0 Å². The number of carbonyl (C=O) groups is 1. The SMILES string of the molecule is CNC(=O)c1ccc(OCOC)c(OCOC)c1Nc1cc(OC)cc(OC)c1. The summed E-state index contributed by atoms with van der Waals surface area (Å²) in [6.07, 6.45) is 0. The highest BCUT2D eigenvalue weighted by atomic mass is 16.7. The lowest BCUT2D eigenvalue weighted by molar-refractivity contribution is 0.0326. The number of hydrogen-bond acceptors (Lipinski definition) is 8. The normalized spacial score (nSPS) is 10.2. The van der Waals surface area contributed by atoms with Crippen LogP contribution < -0.4 is 29.6 Å². The number of rotatable bonds is 11. The van der Waals surface area contributed by atoms with Crippen LogP contribution in [0.4, 0.5) is 11.4 Å². The van der Waals surface area contributed by atoms with Crippen molar-refractivity contribution in [3.8, 4) is 23.0 Å². The van der Waals surface area contributed by atoms with Crippen LogP contribution in [0.25, 0.3) is 0 Å². The molecule has 9 heteroatoms. The Bertz CT molecular complexity index is 804. The van der Waals surface area contributed by atoms with Gasteiger partial charge >= 0.3 is 0 Å². The fourth-order valence-electron chi connectivity index (χ4n) is 2.53. The van der Waals surface area contributed by atoms with Crippen LogP contribution in [0.2, 0.25) is 0 Å². The molecule has 0 aliphatic carbocycles. The fourth-order valence-corrected chi connectivity index (χ4v) is 2.53. The van der Waals surface area contributed by atoms with E-state index in [1.165, 1.54) is 14.2 Å². The molecule has 0 spiro atoms. The van der Waals surface area contributed by atoms with E-state index in [4.69, 9.17) is 28.4 Å². The summed E-state index contributed by atoms with van der Waals surface area (Å²) in [4.78, 5) is 12.5. The molecule has 2 N–H and O–H groups in total. The van der Waals surface area contributed by atoms with Crippen LogP contribution in [0.5, 0.6) is 23.0 Å². The van der Waals surface area contributed by atoms with Gasteiger partial charge in [0.2, 0.25) is 0 Å². The van der Waals surface area contributed by atoms with Gasteiger partial charge < -0.3 is 39.1 Å². The molecule has 2 aromatic rings. The van der Waals surface area contributed by atoms with Gasteiger partial charge in [-0.3, -0.25) is 4.79 Å². The van der Waals surface area contributed by atoms with Crippen molar-refractivity contribution in [2.24, 2.45) is 0 Å². The highest BCUT2D eigenvalue weighted by Gasteiger charge is 2.21. The molecular formula is C20H26N2O7. The smallest absolute Gasteiger partial charge is 0.253 e. The summed E-state index contributed by atoms with van der Waals surface area (Å²) in [5.74, 6) is 1.54. The van der Waals surface area contributed by atoms with Crippen LogP contribution in [0.1, 0.15) is 10.4 Å². The maximum absolute atomic E-state index is 12.5. The monoisotopic (exact) mass is 406 g/mol. The average Bonchev–Trinajstić information content (AvgIpc) is 2.75. The second kappa shape index (κ2) is 11.0. The summed E-state index contributed by atoms with van der Waals surface area (Å²) < 4.78 is 32.0. The Balaban J connectivity index is 2.59. The minimum Gasteiger partial charge on any atom is -0.497 e. The molecule has 29 heavy (non-hydrogen) atoms. The Labute approximate surface area is 169 Å². The molecule has 9 nitrogen and oxygen atoms in total. The Morgan fingerprint density at radius 1 is 0.897 bits per heavy atom. The first-order chi connectivity index (χ1) is 14.1. The Morgan fingerprint density at radius 2 is 1.52 bits per heavy atom. The number of ether oxygens (including phenoxy) is 6. The van der Waals surface area contributed by atoms with E-state index in [1.807, 2.05) is 0 Å². The summed E-state index contributed by atoms with van der Waals surface area (Å²) >= 11 is 0. The average molecular weight is 406 g/mol. The van der Waals surface area contributed by atoms with E-state index in [1.54, 1.807) is 51.6 Å². The number of benzene rings is 2. The van der Waals surface area contributed by atoms with Crippen molar-refractivity contribution in [3.63, 3.8) is 0 Å². The van der Waals surface area contributed by atoms with Gasteiger partial charge in [0.15, 0.2) is 25.1 Å². The molecule has 1 amide bonds. The van der Waals surface area contributed by atoms with Crippen LogP contribution in [0, 0.1) is 0 Å². The zero-order chi connectivity index (χ0) is 21.2. The largest absolute Gasteiger partial charge is 0.497 e. The predicted molar refractivity (Wildman–Crippen MR) is 108 cm³/mol. The van der Waals surface area contributed by atoms with Gasteiger partial charge in [0.05, 0.1) is 25.5 Å². The van der Waals surface area contributed by atoms with Crippen molar-refractivity contribution < 1.29 is 33.2 Å². The van der Waals surface area contributed by atoms with Gasteiger partial charge in [0.1, 0.15) is 11.5 Å². The molecule has 0 heterocycles. The lowest BCUT2D eigenvalue weighted by Crippen LogP contribution is -2.20. The van der Waals surface area contributed by atoms with Gasteiger partial charge in [-0.15, -0.1) is 0 Å². The number of carbonyl (C=O) groups excluding carboxylic acids is 1. The van der Waals surface area contributed by atoms with E-state index >= 15 is 0 Å². The van der Waals surface area contributed by atoms with Crippen LogP contribution in [-0.4, -0.2) is 55.0 Å². The Kier molecular flexibility index (Phi) is 8.38. The van der Waals surface area contributed by atoms with E-state index in [0.717, 1.165) is 0 Å². The molecule has 0 saturated carbocycles. The highest BCUT2D eigenvalue weighted by Crippen LogP contribution is 2.41. The van der Waals surface area contributed by atoms with Crippen molar-refractivity contribution in [2.45, 2.75) is 0 Å². The molecule has 2 aromatic carbocycles. The molecule has 0 aliphatic heterocycles. The van der Waals surface area contributed by atoms with Gasteiger partial charge in [-0.25, -0.2) is 0 Å². The van der Waals surface area contributed by atoms with E-state index in [0.29, 0.717) is 39.9 Å². The van der Waals surface area contributed by atoms with Crippen LogP contribution in [-0.2, 0) is 9.47 Å². The number of nitrogens with one attached hydrogen (secondary N) is 2. The van der Waals surface area contributed by atoms with E-state index in [-0.39, 0.29) is 19.5 Å². The summed E-state index contributed by atoms with van der Waals surface area (Å²) in [7, 11) is 7.67. The second-order valence-corrected chi connectivity index (χ2v) is 5.72. The van der Waals surface area contributed by atoms with Crippen LogP contribution in [0.3, 0.4) is 0 Å². The Morgan fingerprint density at radius 3 is 2.07 bits per heavy atom. The molecule has 0 fully saturated rings. The zero-order valence-corrected chi connectivity index (χ0v) is 17.2. The van der Waals surface area contributed by atoms with Crippen molar-refractivity contribution in [3.05, 3.63) is 35.9 Å². The third kappa shape index (κ3) is 5.66. The van der Waals surface area contributed by atoms with Crippen molar-refractivity contribution >= 4 is 17.3 Å². The van der Waals surface area contributed by atoms with Gasteiger partial charge in [0.25, 0.3) is 5.91 Å². The summed E-state index contributed by atoms with van der Waals surface area (Å²) in [6, 6.07) is 8.53. The summed E-state index contributed by atoms with van der Waals surface area (Å²) in [5, 5.41) is 5.83. The molecule has 0 aliphatic rings. The van der Waals surface area contributed by atoms with Gasteiger partial charge in [-0.2, -0.15) is 0 Å². The molecule has 2 rings (SSSR count). The number of hydrogen-bond donors (Lipinski definition) is 2. The maximum Gasteiger partial charge on any atom is 0.253 e. The predicted octanol–water partition coefficient (Wildman–Crippen LogP) is 2.77. The molecule has 0 radical (unpaired) electrons. The highest BCUT2D eigenvalue weighted by molar-refractivity contribution is 6.02. The lowest BCUT2D eigenvalue weighted by atomic mass is 10.1. The van der Waals surface area contributed by atoms with E-state index in [9.17, 15) is 4.79 Å². The molecule has 0 atom stereocenters. The van der Waals surface area contributed by atoms with Crippen LogP contribution >= 0.6 is 0 Å². The summed E-state index contributed by atoms with van der Waals surface area (Å²) in [5.41, 5.74) is 1.37. The maximum atomic E-state index is 12.5. The van der Waals surface area contributed by atoms with Crippen molar-refractivity contribution in [1.82, 2.24) is 5.32 Å². The first kappa shape index (κ1) is 22.1. The number of amides is 1. The van der Waals surface area contributed by atoms with Gasteiger partial charge in [0, 0.05) is 45.2 Å². The van der Waals surface area contributed by atoms with E-state index in [2.05, 4.69) is 10.6 Å². The molecule has 0 saturated heterocycles. The zero-order valence-electron chi connectivity index (χ0n) is 17.2. The van der Waals surface area contributed by atoms with Crippen LogP contribution in [0.15, 0.2) is 30.3 Å². The fraction of sp³-hybridized carbons (Fsp3) is 0.350. The third-order valence-corrected chi connectivity index (χ3v) is 3.87. The Hall–Kier alpha value is -3.17. The van der Waals surface area contributed by atoms with Gasteiger partial charge in [-0.05, 0) is 12.1 Å². The second-order valence-electron chi connectivity index (χ2n) is 5.72. The number of methoxy groups -OCH3 is 4. The minimum absolute atomic E-state index is 0.00901.